The van der Waals surface area contributed by atoms with Gasteiger partial charge in [0, 0.05) is 22.2 Å². The molecule has 0 aliphatic rings. The minimum absolute atomic E-state index is 0.0239. The normalized spacial score (nSPS) is 10.9. The van der Waals surface area contributed by atoms with Crippen LogP contribution in [0.2, 0.25) is 0 Å². The second-order valence-corrected chi connectivity index (χ2v) is 7.06. The summed E-state index contributed by atoms with van der Waals surface area (Å²) in [6, 6.07) is 10.5. The maximum Gasteiger partial charge on any atom is 0.320 e. The zero-order valence-electron chi connectivity index (χ0n) is 15.5. The number of benzene rings is 2. The fourth-order valence-corrected chi connectivity index (χ4v) is 3.03. The number of aromatic hydroxyl groups is 1. The number of nitro benzene ring substituents is 1. The molecule has 1 aromatic heterocycles. The van der Waals surface area contributed by atoms with Crippen molar-refractivity contribution >= 4 is 39.4 Å². The lowest BCUT2D eigenvalue weighted by Gasteiger charge is -2.02. The highest BCUT2D eigenvalue weighted by molar-refractivity contribution is 9.10. The number of phenolic OH excluding ortho intramolecular Hbond substituents is 1. The maximum absolute atomic E-state index is 12.4. The number of rotatable bonds is 7. The summed E-state index contributed by atoms with van der Waals surface area (Å²) in [5.74, 6) is -1.26. The van der Waals surface area contributed by atoms with Crippen molar-refractivity contribution in [1.29, 1.82) is 0 Å². The van der Waals surface area contributed by atoms with Gasteiger partial charge in [-0.15, -0.1) is 0 Å². The SMILES string of the molecule is O=C(NN=Cc1cc([N+](=O)[O-])ccc1O)c1nn(Cc2cccc(Br)c2)cc1[N+](=O)[O-]. The largest absolute Gasteiger partial charge is 0.507 e. The van der Waals surface area contributed by atoms with Crippen LogP contribution in [0.3, 0.4) is 0 Å². The topological polar surface area (TPSA) is 166 Å². The quantitative estimate of drug-likeness (QED) is 0.292. The number of carbonyl (C=O) groups excluding carboxylic acids is 1. The average molecular weight is 489 g/mol. The third kappa shape index (κ3) is 5.27. The Morgan fingerprint density at radius 2 is 2.00 bits per heavy atom. The molecule has 31 heavy (non-hydrogen) atoms. The fraction of sp³-hybridized carbons (Fsp3) is 0.0556. The van der Waals surface area contributed by atoms with Crippen molar-refractivity contribution in [2.75, 3.05) is 0 Å². The van der Waals surface area contributed by atoms with Crippen LogP contribution in [0.25, 0.3) is 0 Å². The van der Waals surface area contributed by atoms with Crippen molar-refractivity contribution in [3.05, 3.63) is 90.2 Å². The van der Waals surface area contributed by atoms with Gasteiger partial charge in [-0.25, -0.2) is 5.43 Å². The van der Waals surface area contributed by atoms with E-state index < -0.39 is 27.1 Å². The molecule has 0 saturated heterocycles. The van der Waals surface area contributed by atoms with Crippen LogP contribution in [0.1, 0.15) is 21.6 Å². The molecule has 0 radical (unpaired) electrons. The van der Waals surface area contributed by atoms with Gasteiger partial charge in [0.25, 0.3) is 11.6 Å². The van der Waals surface area contributed by atoms with Gasteiger partial charge in [-0.05, 0) is 23.8 Å². The van der Waals surface area contributed by atoms with Gasteiger partial charge >= 0.3 is 5.69 Å². The van der Waals surface area contributed by atoms with E-state index in [0.29, 0.717) is 0 Å². The molecule has 12 nitrogen and oxygen atoms in total. The lowest BCUT2D eigenvalue weighted by molar-refractivity contribution is -0.385. The maximum atomic E-state index is 12.4. The molecule has 3 rings (SSSR count). The molecule has 0 aliphatic carbocycles. The van der Waals surface area contributed by atoms with E-state index in [0.717, 1.165) is 40.6 Å². The Kier molecular flexibility index (Phi) is 6.35. The summed E-state index contributed by atoms with van der Waals surface area (Å²) >= 11 is 3.33. The Morgan fingerprint density at radius 1 is 1.23 bits per heavy atom. The van der Waals surface area contributed by atoms with Crippen LogP contribution in [-0.4, -0.2) is 36.9 Å². The summed E-state index contributed by atoms with van der Waals surface area (Å²) in [7, 11) is 0. The Morgan fingerprint density at radius 3 is 2.68 bits per heavy atom. The zero-order chi connectivity index (χ0) is 22.5. The summed E-state index contributed by atoms with van der Waals surface area (Å²) in [4.78, 5) is 33.1. The van der Waals surface area contributed by atoms with Gasteiger partial charge in [-0.3, -0.25) is 29.7 Å². The number of aromatic nitrogens is 2. The first kappa shape index (κ1) is 21.6. The number of carbonyl (C=O) groups is 1. The molecule has 0 bridgehead atoms. The first-order valence-electron chi connectivity index (χ1n) is 8.51. The van der Waals surface area contributed by atoms with Crippen molar-refractivity contribution in [3.63, 3.8) is 0 Å². The predicted molar refractivity (Wildman–Crippen MR) is 112 cm³/mol. The predicted octanol–water partition coefficient (Wildman–Crippen LogP) is 2.98. The molecule has 0 fully saturated rings. The van der Waals surface area contributed by atoms with Crippen LogP contribution in [-0.2, 0) is 6.54 Å². The first-order valence-corrected chi connectivity index (χ1v) is 9.31. The van der Waals surface area contributed by atoms with E-state index in [4.69, 9.17) is 0 Å². The van der Waals surface area contributed by atoms with Crippen LogP contribution >= 0.6 is 15.9 Å². The summed E-state index contributed by atoms with van der Waals surface area (Å²) in [6.45, 7) is 0.193. The molecule has 0 unspecified atom stereocenters. The molecule has 2 N–H and O–H groups in total. The number of phenols is 1. The molecule has 0 saturated carbocycles. The van der Waals surface area contributed by atoms with Crippen molar-refractivity contribution in [1.82, 2.24) is 15.2 Å². The monoisotopic (exact) mass is 488 g/mol. The molecule has 0 aliphatic heterocycles. The highest BCUT2D eigenvalue weighted by Crippen LogP contribution is 2.21. The lowest BCUT2D eigenvalue weighted by Crippen LogP contribution is -2.19. The second-order valence-electron chi connectivity index (χ2n) is 6.15. The summed E-state index contributed by atoms with van der Waals surface area (Å²) in [5, 5.41) is 39.4. The van der Waals surface area contributed by atoms with Gasteiger partial charge in [0.15, 0.2) is 0 Å². The summed E-state index contributed by atoms with van der Waals surface area (Å²) in [5.41, 5.74) is 1.59. The fourth-order valence-electron chi connectivity index (χ4n) is 2.58. The highest BCUT2D eigenvalue weighted by atomic mass is 79.9. The van der Waals surface area contributed by atoms with E-state index in [1.807, 2.05) is 12.1 Å². The molecule has 0 spiro atoms. The number of non-ortho nitro benzene ring substituents is 1. The molecule has 1 amide bonds. The average Bonchev–Trinajstić information content (AvgIpc) is 3.13. The third-order valence-electron chi connectivity index (χ3n) is 3.98. The number of amides is 1. The molecule has 158 valence electrons. The van der Waals surface area contributed by atoms with Crippen LogP contribution in [0.5, 0.6) is 5.75 Å². The molecular weight excluding hydrogens is 476 g/mol. The van der Waals surface area contributed by atoms with Gasteiger partial charge in [0.05, 0.1) is 22.6 Å². The van der Waals surface area contributed by atoms with E-state index in [1.54, 1.807) is 12.1 Å². The third-order valence-corrected chi connectivity index (χ3v) is 4.47. The first-order chi connectivity index (χ1) is 14.7. The van der Waals surface area contributed by atoms with Crippen LogP contribution in [0.15, 0.2) is 58.2 Å². The van der Waals surface area contributed by atoms with Crippen molar-refractivity contribution in [2.45, 2.75) is 6.54 Å². The number of hydrazone groups is 1. The van der Waals surface area contributed by atoms with Gasteiger partial charge in [-0.2, -0.15) is 10.2 Å². The number of nitro groups is 2. The van der Waals surface area contributed by atoms with E-state index in [1.165, 1.54) is 4.68 Å². The summed E-state index contributed by atoms with van der Waals surface area (Å²) in [6.07, 6.45) is 2.11. The lowest BCUT2D eigenvalue weighted by atomic mass is 10.2. The number of nitrogens with one attached hydrogen (secondary N) is 1. The van der Waals surface area contributed by atoms with Crippen LogP contribution in [0.4, 0.5) is 11.4 Å². The van der Waals surface area contributed by atoms with Gasteiger partial charge in [0.1, 0.15) is 11.9 Å². The summed E-state index contributed by atoms with van der Waals surface area (Å²) < 4.78 is 2.08. The number of hydrogen-bond donors (Lipinski definition) is 2. The number of nitrogens with zero attached hydrogens (tertiary/aromatic N) is 5. The molecule has 1 heterocycles. The van der Waals surface area contributed by atoms with Crippen molar-refractivity contribution in [2.24, 2.45) is 5.10 Å². The Bertz CT molecular complexity index is 1210. The molecular formula is C18H13BrN6O6. The van der Waals surface area contributed by atoms with E-state index in [-0.39, 0.29) is 23.5 Å². The van der Waals surface area contributed by atoms with Crippen LogP contribution < -0.4 is 5.43 Å². The van der Waals surface area contributed by atoms with Crippen LogP contribution in [0, 0.1) is 20.2 Å². The zero-order valence-corrected chi connectivity index (χ0v) is 17.1. The van der Waals surface area contributed by atoms with E-state index in [2.05, 4.69) is 31.6 Å². The smallest absolute Gasteiger partial charge is 0.320 e. The molecule has 3 aromatic rings. The van der Waals surface area contributed by atoms with Crippen molar-refractivity contribution in [3.8, 4) is 5.75 Å². The highest BCUT2D eigenvalue weighted by Gasteiger charge is 2.25. The van der Waals surface area contributed by atoms with Crippen molar-refractivity contribution < 1.29 is 19.7 Å². The Labute approximate surface area is 182 Å². The second kappa shape index (κ2) is 9.13. The van der Waals surface area contributed by atoms with E-state index >= 15 is 0 Å². The minimum atomic E-state index is -0.958. The Balaban J connectivity index is 1.79. The number of halogens is 1. The van der Waals surface area contributed by atoms with Gasteiger partial charge in [-0.1, -0.05) is 28.1 Å². The van der Waals surface area contributed by atoms with Gasteiger partial charge in [0.2, 0.25) is 5.69 Å². The molecule has 2 aromatic carbocycles. The minimum Gasteiger partial charge on any atom is -0.507 e. The Hall–Kier alpha value is -4.13. The molecule has 13 heteroatoms. The van der Waals surface area contributed by atoms with E-state index in [9.17, 15) is 30.1 Å². The molecule has 0 atom stereocenters. The number of hydrogen-bond acceptors (Lipinski definition) is 8. The van der Waals surface area contributed by atoms with Gasteiger partial charge < -0.3 is 5.11 Å². The standard InChI is InChI=1S/C18H13BrN6O6/c19-13-3-1-2-11(6-13)9-23-10-15(25(30)31)17(22-23)18(27)21-20-8-12-7-14(24(28)29)4-5-16(12)26/h1-8,10,26H,9H2,(H,21,27).